The highest BCUT2D eigenvalue weighted by molar-refractivity contribution is 5.96. The monoisotopic (exact) mass is 274 g/mol. The van der Waals surface area contributed by atoms with Gasteiger partial charge in [-0.05, 0) is 11.6 Å². The number of benzene rings is 2. The normalized spacial score (nSPS) is 10.1. The second kappa shape index (κ2) is 5.92. The van der Waals surface area contributed by atoms with Crippen LogP contribution in [0.4, 0.5) is 15.8 Å². The van der Waals surface area contributed by atoms with Crippen molar-refractivity contribution in [1.82, 2.24) is 0 Å². The van der Waals surface area contributed by atoms with Crippen molar-refractivity contribution in [2.75, 3.05) is 12.0 Å². The minimum Gasteiger partial charge on any atom is -0.323 e. The number of alkyl halides is 1. The molecule has 0 spiro atoms. The van der Waals surface area contributed by atoms with Crippen molar-refractivity contribution >= 4 is 17.3 Å². The van der Waals surface area contributed by atoms with Crippen molar-refractivity contribution in [3.63, 3.8) is 0 Å². The summed E-state index contributed by atoms with van der Waals surface area (Å²) in [6, 6.07) is 12.8. The number of nitrogens with one attached hydrogen (secondary N) is 1. The molecule has 0 aliphatic carbocycles. The second-order valence-electron chi connectivity index (χ2n) is 4.03. The van der Waals surface area contributed by atoms with Crippen LogP contribution < -0.4 is 5.32 Å². The zero-order chi connectivity index (χ0) is 14.5. The number of nitrogens with zero attached hydrogens (tertiary/aromatic N) is 1. The lowest BCUT2D eigenvalue weighted by atomic mass is 10.0. The summed E-state index contributed by atoms with van der Waals surface area (Å²) in [6.07, 6.45) is 0. The summed E-state index contributed by atoms with van der Waals surface area (Å²) in [5, 5.41) is 13.2. The Bertz CT molecular complexity index is 658. The second-order valence-corrected chi connectivity index (χ2v) is 4.03. The molecule has 1 N–H and O–H groups in total. The molecule has 2 rings (SSSR count). The fourth-order valence-electron chi connectivity index (χ4n) is 1.81. The van der Waals surface area contributed by atoms with Gasteiger partial charge in [-0.2, -0.15) is 0 Å². The highest BCUT2D eigenvalue weighted by atomic mass is 19.1. The fourth-order valence-corrected chi connectivity index (χ4v) is 1.81. The smallest absolute Gasteiger partial charge is 0.270 e. The van der Waals surface area contributed by atoms with Crippen molar-refractivity contribution in [2.45, 2.75) is 0 Å². The van der Waals surface area contributed by atoms with Crippen LogP contribution in [0.25, 0.3) is 11.1 Å². The molecule has 0 radical (unpaired) electrons. The molecule has 6 heteroatoms. The first-order valence-electron chi connectivity index (χ1n) is 5.81. The third-order valence-electron chi connectivity index (χ3n) is 2.69. The first-order valence-corrected chi connectivity index (χ1v) is 5.81. The minimum atomic E-state index is -1.12. The average molecular weight is 274 g/mol. The van der Waals surface area contributed by atoms with Gasteiger partial charge in [0.2, 0.25) is 0 Å². The molecule has 2 aromatic carbocycles. The van der Waals surface area contributed by atoms with Gasteiger partial charge in [0, 0.05) is 23.4 Å². The van der Waals surface area contributed by atoms with Crippen molar-refractivity contribution in [3.05, 3.63) is 58.6 Å². The molecular weight excluding hydrogens is 263 g/mol. The zero-order valence-electron chi connectivity index (χ0n) is 10.4. The summed E-state index contributed by atoms with van der Waals surface area (Å²) in [5.74, 6) is -0.761. The van der Waals surface area contributed by atoms with Crippen LogP contribution >= 0.6 is 0 Å². The summed E-state index contributed by atoms with van der Waals surface area (Å²) < 4.78 is 12.3. The lowest BCUT2D eigenvalue weighted by Crippen LogP contribution is -2.13. The number of nitro groups is 1. The predicted molar refractivity (Wildman–Crippen MR) is 73.1 cm³/mol. The molecule has 0 unspecified atom stereocenters. The standard InChI is InChI=1S/C14H11FN2O3/c15-9-14(18)16-13-7-2-1-6-12(13)10-4-3-5-11(8-10)17(19)20/h1-8H,9H2,(H,16,18). The lowest BCUT2D eigenvalue weighted by molar-refractivity contribution is -0.384. The number of nitro benzene ring substituents is 1. The number of amides is 1. The Labute approximate surface area is 114 Å². The van der Waals surface area contributed by atoms with Crippen molar-refractivity contribution in [1.29, 1.82) is 0 Å². The van der Waals surface area contributed by atoms with E-state index in [1.54, 1.807) is 36.4 Å². The van der Waals surface area contributed by atoms with E-state index in [4.69, 9.17) is 0 Å². The predicted octanol–water partition coefficient (Wildman–Crippen LogP) is 3.17. The van der Waals surface area contributed by atoms with Gasteiger partial charge in [-0.1, -0.05) is 30.3 Å². The summed E-state index contributed by atoms with van der Waals surface area (Å²) >= 11 is 0. The van der Waals surface area contributed by atoms with Crippen LogP contribution in [0.15, 0.2) is 48.5 Å². The van der Waals surface area contributed by atoms with Crippen molar-refractivity contribution < 1.29 is 14.1 Å². The molecule has 20 heavy (non-hydrogen) atoms. The van der Waals surface area contributed by atoms with E-state index in [2.05, 4.69) is 5.32 Å². The molecule has 0 bridgehead atoms. The number of para-hydroxylation sites is 1. The fraction of sp³-hybridized carbons (Fsp3) is 0.0714. The molecule has 5 nitrogen and oxygen atoms in total. The molecule has 0 saturated carbocycles. The lowest BCUT2D eigenvalue weighted by Gasteiger charge is -2.10. The van der Waals surface area contributed by atoms with Crippen LogP contribution in [0.5, 0.6) is 0 Å². The quantitative estimate of drug-likeness (QED) is 0.687. The molecule has 0 fully saturated rings. The van der Waals surface area contributed by atoms with Gasteiger partial charge >= 0.3 is 0 Å². The topological polar surface area (TPSA) is 72.2 Å². The molecule has 0 aliphatic heterocycles. The first-order chi connectivity index (χ1) is 9.61. The van der Waals surface area contributed by atoms with Gasteiger partial charge in [-0.25, -0.2) is 4.39 Å². The molecule has 1 amide bonds. The number of anilines is 1. The van der Waals surface area contributed by atoms with Crippen molar-refractivity contribution in [2.24, 2.45) is 0 Å². The summed E-state index contributed by atoms with van der Waals surface area (Å²) in [5.41, 5.74) is 1.54. The van der Waals surface area contributed by atoms with Crippen molar-refractivity contribution in [3.8, 4) is 11.1 Å². The summed E-state index contributed by atoms with van der Waals surface area (Å²) in [4.78, 5) is 21.4. The SMILES string of the molecule is O=C(CF)Nc1ccccc1-c1cccc([N+](=O)[O-])c1. The van der Waals surface area contributed by atoms with E-state index in [9.17, 15) is 19.3 Å². The number of halogens is 1. The Morgan fingerprint density at radius 3 is 2.65 bits per heavy atom. The van der Waals surface area contributed by atoms with Gasteiger partial charge in [-0.15, -0.1) is 0 Å². The molecule has 102 valence electrons. The van der Waals surface area contributed by atoms with Crippen LogP contribution in [0.2, 0.25) is 0 Å². The van der Waals surface area contributed by atoms with Crippen LogP contribution in [0.3, 0.4) is 0 Å². The van der Waals surface area contributed by atoms with E-state index in [1.165, 1.54) is 12.1 Å². The van der Waals surface area contributed by atoms with E-state index < -0.39 is 17.5 Å². The largest absolute Gasteiger partial charge is 0.323 e. The van der Waals surface area contributed by atoms with Gasteiger partial charge in [0.25, 0.3) is 11.6 Å². The van der Waals surface area contributed by atoms with E-state index in [0.29, 0.717) is 16.8 Å². The molecule has 0 heterocycles. The molecule has 0 saturated heterocycles. The molecule has 0 aromatic heterocycles. The Morgan fingerprint density at radius 1 is 1.20 bits per heavy atom. The van der Waals surface area contributed by atoms with Gasteiger partial charge in [-0.3, -0.25) is 14.9 Å². The van der Waals surface area contributed by atoms with E-state index in [-0.39, 0.29) is 5.69 Å². The summed E-state index contributed by atoms with van der Waals surface area (Å²) in [6.45, 7) is -1.12. The van der Waals surface area contributed by atoms with Crippen LogP contribution in [-0.4, -0.2) is 17.5 Å². The van der Waals surface area contributed by atoms with Gasteiger partial charge in [0.05, 0.1) is 4.92 Å². The molecule has 0 atom stereocenters. The number of rotatable bonds is 4. The maximum absolute atomic E-state index is 12.3. The van der Waals surface area contributed by atoms with Gasteiger partial charge in [0.15, 0.2) is 6.67 Å². The van der Waals surface area contributed by atoms with E-state index in [1.807, 2.05) is 0 Å². The van der Waals surface area contributed by atoms with Crippen LogP contribution in [0, 0.1) is 10.1 Å². The average Bonchev–Trinajstić information content (AvgIpc) is 2.47. The zero-order valence-corrected chi connectivity index (χ0v) is 10.4. The third-order valence-corrected chi connectivity index (χ3v) is 2.69. The Kier molecular flexibility index (Phi) is 4.05. The maximum atomic E-state index is 12.3. The Morgan fingerprint density at radius 2 is 1.95 bits per heavy atom. The minimum absolute atomic E-state index is 0.0471. The number of non-ortho nitro benzene ring substituents is 1. The van der Waals surface area contributed by atoms with Crippen LogP contribution in [0.1, 0.15) is 0 Å². The number of hydrogen-bond donors (Lipinski definition) is 1. The van der Waals surface area contributed by atoms with Crippen LogP contribution in [-0.2, 0) is 4.79 Å². The summed E-state index contributed by atoms with van der Waals surface area (Å²) in [7, 11) is 0. The molecular formula is C14H11FN2O3. The third kappa shape index (κ3) is 2.97. The molecule has 0 aliphatic rings. The van der Waals surface area contributed by atoms with E-state index in [0.717, 1.165) is 0 Å². The van der Waals surface area contributed by atoms with E-state index >= 15 is 0 Å². The maximum Gasteiger partial charge on any atom is 0.270 e. The Balaban J connectivity index is 2.44. The van der Waals surface area contributed by atoms with Gasteiger partial charge < -0.3 is 5.32 Å². The highest BCUT2D eigenvalue weighted by Gasteiger charge is 2.11. The highest BCUT2D eigenvalue weighted by Crippen LogP contribution is 2.30. The van der Waals surface area contributed by atoms with Gasteiger partial charge in [0.1, 0.15) is 0 Å². The first kappa shape index (κ1) is 13.7. The number of carbonyl (C=O) groups is 1. The molecule has 2 aromatic rings. The Hall–Kier alpha value is -2.76. The number of hydrogen-bond acceptors (Lipinski definition) is 3. The number of carbonyl (C=O) groups excluding carboxylic acids is 1.